The molecule has 1 saturated heterocycles. The predicted octanol–water partition coefficient (Wildman–Crippen LogP) is 2.09. The molecule has 11 heteroatoms. The number of hydrogen-bond acceptors (Lipinski definition) is 9. The molecular formula is C24H25FN6O3S. The van der Waals surface area contributed by atoms with Crippen LogP contribution in [0.5, 0.6) is 5.75 Å². The third kappa shape index (κ3) is 4.03. The molecule has 0 unspecified atom stereocenters. The van der Waals surface area contributed by atoms with E-state index in [-0.39, 0.29) is 48.0 Å². The van der Waals surface area contributed by atoms with Crippen molar-refractivity contribution in [1.82, 2.24) is 10.3 Å². The standard InChI is InChI=1S/C24H25FN6O3S/c1-11-3-4-13-20(28)22(35-24(13)29-11)23(32)30-12-5-14-16(25)6-18(15(7-26)21(14)34-10-12)31-8-17(27)19(9-31)33-2/h3-4,6,12,17,19H,5,8-10,27-28H2,1-2H3,(H,30,32)/t12-,17+,19+/m1/s1. The van der Waals surface area contributed by atoms with Crippen molar-refractivity contribution in [2.75, 3.05) is 37.4 Å². The minimum atomic E-state index is -0.497. The van der Waals surface area contributed by atoms with Gasteiger partial charge in [-0.15, -0.1) is 11.3 Å². The molecule has 0 saturated carbocycles. The van der Waals surface area contributed by atoms with Crippen LogP contribution < -0.4 is 26.4 Å². The summed E-state index contributed by atoms with van der Waals surface area (Å²) in [6.45, 7) is 2.86. The number of nitriles is 1. The fourth-order valence-electron chi connectivity index (χ4n) is 4.70. The van der Waals surface area contributed by atoms with Gasteiger partial charge in [-0.25, -0.2) is 9.37 Å². The number of amides is 1. The first-order valence-corrected chi connectivity index (χ1v) is 12.0. The molecule has 0 spiro atoms. The van der Waals surface area contributed by atoms with Crippen molar-refractivity contribution in [3.05, 3.63) is 45.7 Å². The van der Waals surface area contributed by atoms with E-state index in [0.29, 0.717) is 34.2 Å². The Kier molecular flexibility index (Phi) is 5.96. The van der Waals surface area contributed by atoms with E-state index < -0.39 is 11.9 Å². The molecule has 3 atom stereocenters. The van der Waals surface area contributed by atoms with Gasteiger partial charge in [0.25, 0.3) is 5.91 Å². The van der Waals surface area contributed by atoms with Crippen LogP contribution in [-0.2, 0) is 11.2 Å². The van der Waals surface area contributed by atoms with Gasteiger partial charge in [0.15, 0.2) is 0 Å². The lowest BCUT2D eigenvalue weighted by molar-refractivity contribution is 0.0919. The summed E-state index contributed by atoms with van der Waals surface area (Å²) < 4.78 is 26.5. The van der Waals surface area contributed by atoms with Crippen LogP contribution in [0.1, 0.15) is 26.5 Å². The van der Waals surface area contributed by atoms with Crippen LogP contribution in [0.3, 0.4) is 0 Å². The van der Waals surface area contributed by atoms with Gasteiger partial charge in [-0.2, -0.15) is 5.26 Å². The van der Waals surface area contributed by atoms with E-state index in [4.69, 9.17) is 20.9 Å². The zero-order valence-electron chi connectivity index (χ0n) is 19.3. The average molecular weight is 497 g/mol. The molecule has 5 rings (SSSR count). The first kappa shape index (κ1) is 23.3. The monoisotopic (exact) mass is 496 g/mol. The zero-order chi connectivity index (χ0) is 24.9. The van der Waals surface area contributed by atoms with E-state index in [2.05, 4.69) is 16.4 Å². The van der Waals surface area contributed by atoms with Gasteiger partial charge in [-0.1, -0.05) is 0 Å². The number of aryl methyl sites for hydroxylation is 1. The molecule has 1 aromatic carbocycles. The fourth-order valence-corrected chi connectivity index (χ4v) is 5.74. The van der Waals surface area contributed by atoms with E-state index in [9.17, 15) is 10.1 Å². The SMILES string of the molecule is CO[C@H]1CN(c2cc(F)c3c(c2C#N)OC[C@H](NC(=O)c2sc4nc(C)ccc4c2N)C3)C[C@@H]1N. The van der Waals surface area contributed by atoms with Crippen molar-refractivity contribution in [3.63, 3.8) is 0 Å². The van der Waals surface area contributed by atoms with Gasteiger partial charge in [0.1, 0.15) is 39.5 Å². The number of carbonyl (C=O) groups excluding carboxylic acids is 1. The number of anilines is 2. The molecule has 1 fully saturated rings. The molecule has 1 amide bonds. The number of halogens is 1. The zero-order valence-corrected chi connectivity index (χ0v) is 20.1. The number of pyridine rings is 1. The minimum absolute atomic E-state index is 0.0959. The lowest BCUT2D eigenvalue weighted by atomic mass is 9.97. The minimum Gasteiger partial charge on any atom is -0.490 e. The molecule has 5 N–H and O–H groups in total. The summed E-state index contributed by atoms with van der Waals surface area (Å²) in [5, 5.41) is 13.5. The van der Waals surface area contributed by atoms with Crippen LogP contribution in [0, 0.1) is 24.1 Å². The number of rotatable bonds is 4. The molecule has 0 aliphatic carbocycles. The summed E-state index contributed by atoms with van der Waals surface area (Å²) >= 11 is 1.22. The molecule has 2 aromatic heterocycles. The van der Waals surface area contributed by atoms with Crippen molar-refractivity contribution in [3.8, 4) is 11.8 Å². The number of nitrogens with one attached hydrogen (secondary N) is 1. The molecule has 182 valence electrons. The van der Waals surface area contributed by atoms with E-state index in [1.807, 2.05) is 24.0 Å². The van der Waals surface area contributed by atoms with E-state index in [1.54, 1.807) is 7.11 Å². The third-order valence-electron chi connectivity index (χ3n) is 6.53. The molecule has 9 nitrogen and oxygen atoms in total. The molecule has 4 heterocycles. The van der Waals surface area contributed by atoms with Crippen LogP contribution in [-0.4, -0.2) is 55.9 Å². The van der Waals surface area contributed by atoms with Gasteiger partial charge in [0.2, 0.25) is 0 Å². The van der Waals surface area contributed by atoms with Crippen LogP contribution in [0.4, 0.5) is 15.8 Å². The Balaban J connectivity index is 1.38. The number of nitrogens with zero attached hydrogens (tertiary/aromatic N) is 3. The smallest absolute Gasteiger partial charge is 0.263 e. The maximum absolute atomic E-state index is 15.2. The summed E-state index contributed by atoms with van der Waals surface area (Å²) in [6.07, 6.45) is -0.0221. The second kappa shape index (κ2) is 8.96. The van der Waals surface area contributed by atoms with E-state index in [1.165, 1.54) is 17.4 Å². The highest BCUT2D eigenvalue weighted by Crippen LogP contribution is 2.39. The maximum atomic E-state index is 15.2. The molecule has 0 radical (unpaired) electrons. The van der Waals surface area contributed by atoms with Crippen molar-refractivity contribution in [1.29, 1.82) is 5.26 Å². The fraction of sp³-hybridized carbons (Fsp3) is 0.375. The number of hydrogen-bond donors (Lipinski definition) is 3. The summed E-state index contributed by atoms with van der Waals surface area (Å²) in [6, 6.07) is 6.46. The number of nitrogens with two attached hydrogens (primary N) is 2. The first-order chi connectivity index (χ1) is 16.8. The Morgan fingerprint density at radius 3 is 2.94 bits per heavy atom. The molecule has 3 aromatic rings. The summed E-state index contributed by atoms with van der Waals surface area (Å²) in [5.41, 5.74) is 14.5. The highest BCUT2D eigenvalue weighted by Gasteiger charge is 2.35. The van der Waals surface area contributed by atoms with Crippen LogP contribution in [0.2, 0.25) is 0 Å². The van der Waals surface area contributed by atoms with Crippen molar-refractivity contribution in [2.24, 2.45) is 5.73 Å². The number of methoxy groups -OCH3 is 1. The Morgan fingerprint density at radius 2 is 2.23 bits per heavy atom. The normalized spacial score (nSPS) is 21.5. The molecule has 2 aliphatic rings. The van der Waals surface area contributed by atoms with Crippen molar-refractivity contribution >= 4 is 38.8 Å². The Morgan fingerprint density at radius 1 is 1.43 bits per heavy atom. The summed E-state index contributed by atoms with van der Waals surface area (Å²) in [4.78, 5) is 20.3. The van der Waals surface area contributed by atoms with Gasteiger partial charge in [0, 0.05) is 43.3 Å². The Hall–Kier alpha value is -3.46. The number of aromatic nitrogens is 1. The predicted molar refractivity (Wildman–Crippen MR) is 131 cm³/mol. The second-order valence-corrected chi connectivity index (χ2v) is 9.85. The number of fused-ring (bicyclic) bond motifs is 2. The highest BCUT2D eigenvalue weighted by molar-refractivity contribution is 7.21. The topological polar surface area (TPSA) is 140 Å². The Labute approximate surface area is 205 Å². The van der Waals surface area contributed by atoms with Gasteiger partial charge in [-0.05, 0) is 25.1 Å². The summed E-state index contributed by atoms with van der Waals surface area (Å²) in [7, 11) is 1.58. The van der Waals surface area contributed by atoms with Crippen LogP contribution >= 0.6 is 11.3 Å². The number of carbonyl (C=O) groups is 1. The lowest BCUT2D eigenvalue weighted by Gasteiger charge is -2.29. The second-order valence-electron chi connectivity index (χ2n) is 8.85. The molecule has 2 aliphatic heterocycles. The maximum Gasteiger partial charge on any atom is 0.263 e. The number of nitrogen functional groups attached to an aromatic ring is 1. The van der Waals surface area contributed by atoms with Gasteiger partial charge < -0.3 is 31.2 Å². The largest absolute Gasteiger partial charge is 0.490 e. The molecule has 0 bridgehead atoms. The number of thiophene rings is 1. The summed E-state index contributed by atoms with van der Waals surface area (Å²) in [5.74, 6) is -0.652. The number of benzene rings is 1. The van der Waals surface area contributed by atoms with Crippen LogP contribution in [0.15, 0.2) is 18.2 Å². The third-order valence-corrected chi connectivity index (χ3v) is 7.64. The molecular weight excluding hydrogens is 471 g/mol. The van der Waals surface area contributed by atoms with E-state index >= 15 is 4.39 Å². The lowest BCUT2D eigenvalue weighted by Crippen LogP contribution is -2.43. The first-order valence-electron chi connectivity index (χ1n) is 11.2. The quantitative estimate of drug-likeness (QED) is 0.499. The van der Waals surface area contributed by atoms with Crippen molar-refractivity contribution < 1.29 is 18.7 Å². The van der Waals surface area contributed by atoms with Gasteiger partial charge in [-0.3, -0.25) is 4.79 Å². The van der Waals surface area contributed by atoms with Crippen LogP contribution in [0.25, 0.3) is 10.2 Å². The van der Waals surface area contributed by atoms with E-state index in [0.717, 1.165) is 11.1 Å². The molecule has 35 heavy (non-hydrogen) atoms. The number of ether oxygens (including phenoxy) is 2. The van der Waals surface area contributed by atoms with Gasteiger partial charge >= 0.3 is 0 Å². The Bertz CT molecular complexity index is 1370. The van der Waals surface area contributed by atoms with Gasteiger partial charge in [0.05, 0.1) is 29.6 Å². The average Bonchev–Trinajstić information content (AvgIpc) is 3.38. The van der Waals surface area contributed by atoms with Crippen molar-refractivity contribution in [2.45, 2.75) is 31.5 Å². The highest BCUT2D eigenvalue weighted by atomic mass is 32.1.